The molecule has 0 amide bonds. The number of rotatable bonds is 1. The molecular formula is C10H6N4O4. The number of ether oxygens (including phenoxy) is 1. The number of aromatic nitrogens is 4. The van der Waals surface area contributed by atoms with Gasteiger partial charge in [-0.3, -0.25) is 0 Å². The van der Waals surface area contributed by atoms with E-state index in [4.69, 9.17) is 5.11 Å². The van der Waals surface area contributed by atoms with Gasteiger partial charge in [0.25, 0.3) is 0 Å². The quantitative estimate of drug-likeness (QED) is 0.609. The number of carbonyl (C=O) groups is 1. The Morgan fingerprint density at radius 2 is 2.17 bits per heavy atom. The fourth-order valence-electron chi connectivity index (χ4n) is 1.69. The lowest BCUT2D eigenvalue weighted by atomic mass is 10.2. The van der Waals surface area contributed by atoms with Crippen LogP contribution in [-0.2, 0) is 0 Å². The van der Waals surface area contributed by atoms with Crippen molar-refractivity contribution in [3.8, 4) is 6.01 Å². The van der Waals surface area contributed by atoms with Crippen LogP contribution in [0.5, 0.6) is 6.01 Å². The third-order valence-electron chi connectivity index (χ3n) is 2.37. The molecule has 0 radical (unpaired) electrons. The van der Waals surface area contributed by atoms with Crippen molar-refractivity contribution >= 4 is 22.7 Å². The number of fused-ring (bicyclic) bond motifs is 3. The van der Waals surface area contributed by atoms with Crippen LogP contribution in [0.15, 0.2) is 29.1 Å². The number of benzene rings is 1. The molecule has 0 spiro atoms. The van der Waals surface area contributed by atoms with Crippen molar-refractivity contribution in [2.75, 3.05) is 0 Å². The van der Waals surface area contributed by atoms with Crippen LogP contribution in [0.1, 0.15) is 0 Å². The first-order valence-electron chi connectivity index (χ1n) is 4.94. The maximum atomic E-state index is 11.7. The molecule has 8 heteroatoms. The van der Waals surface area contributed by atoms with Gasteiger partial charge in [-0.15, -0.1) is 5.10 Å². The van der Waals surface area contributed by atoms with Gasteiger partial charge in [-0.1, -0.05) is 12.1 Å². The zero-order valence-electron chi connectivity index (χ0n) is 8.82. The van der Waals surface area contributed by atoms with Crippen LogP contribution >= 0.6 is 0 Å². The van der Waals surface area contributed by atoms with Gasteiger partial charge in [0, 0.05) is 5.39 Å². The second-order valence-electron chi connectivity index (χ2n) is 3.47. The summed E-state index contributed by atoms with van der Waals surface area (Å²) in [6, 6.07) is 6.60. The number of nitrogens with zero attached hydrogens (tertiary/aromatic N) is 3. The normalized spacial score (nSPS) is 10.9. The van der Waals surface area contributed by atoms with Gasteiger partial charge in [-0.25, -0.2) is 9.59 Å². The lowest BCUT2D eigenvalue weighted by Gasteiger charge is -1.97. The monoisotopic (exact) mass is 246 g/mol. The summed E-state index contributed by atoms with van der Waals surface area (Å²) in [5.74, 6) is 0. The molecular weight excluding hydrogens is 240 g/mol. The van der Waals surface area contributed by atoms with E-state index < -0.39 is 11.8 Å². The molecule has 3 rings (SSSR count). The number of aromatic amines is 1. The summed E-state index contributed by atoms with van der Waals surface area (Å²) in [4.78, 5) is 28.6. The van der Waals surface area contributed by atoms with Gasteiger partial charge in [-0.05, 0) is 12.1 Å². The molecule has 2 N–H and O–H groups in total. The number of carboxylic acid groups (broad SMARTS) is 1. The lowest BCUT2D eigenvalue weighted by Crippen LogP contribution is -2.17. The molecule has 0 fully saturated rings. The maximum Gasteiger partial charge on any atom is 0.513 e. The van der Waals surface area contributed by atoms with Crippen LogP contribution in [0.2, 0.25) is 0 Å². The minimum absolute atomic E-state index is 0.241. The Morgan fingerprint density at radius 1 is 1.39 bits per heavy atom. The van der Waals surface area contributed by atoms with Crippen LogP contribution in [0, 0.1) is 0 Å². The highest BCUT2D eigenvalue weighted by molar-refractivity contribution is 5.90. The Morgan fingerprint density at radius 3 is 2.94 bits per heavy atom. The predicted molar refractivity (Wildman–Crippen MR) is 59.8 cm³/mol. The Kier molecular flexibility index (Phi) is 2.03. The van der Waals surface area contributed by atoms with Gasteiger partial charge in [0.05, 0.1) is 5.52 Å². The molecule has 0 saturated heterocycles. The van der Waals surface area contributed by atoms with E-state index in [2.05, 4.69) is 19.8 Å². The molecule has 2 heterocycles. The van der Waals surface area contributed by atoms with Crippen molar-refractivity contribution in [3.05, 3.63) is 34.7 Å². The smallest absolute Gasteiger partial charge is 0.449 e. The van der Waals surface area contributed by atoms with Gasteiger partial charge in [0.15, 0.2) is 5.65 Å². The van der Waals surface area contributed by atoms with E-state index in [0.717, 1.165) is 4.52 Å². The lowest BCUT2D eigenvalue weighted by molar-refractivity contribution is 0.140. The Bertz CT molecular complexity index is 819. The van der Waals surface area contributed by atoms with Gasteiger partial charge < -0.3 is 14.8 Å². The van der Waals surface area contributed by atoms with Crippen LogP contribution in [-0.4, -0.2) is 30.8 Å². The molecule has 0 bridgehead atoms. The first-order valence-corrected chi connectivity index (χ1v) is 4.94. The molecule has 0 aliphatic heterocycles. The van der Waals surface area contributed by atoms with E-state index in [0.29, 0.717) is 10.9 Å². The molecule has 18 heavy (non-hydrogen) atoms. The van der Waals surface area contributed by atoms with Crippen molar-refractivity contribution in [1.82, 2.24) is 19.6 Å². The summed E-state index contributed by atoms with van der Waals surface area (Å²) < 4.78 is 5.28. The molecule has 0 atom stereocenters. The van der Waals surface area contributed by atoms with Crippen molar-refractivity contribution < 1.29 is 14.6 Å². The summed E-state index contributed by atoms with van der Waals surface area (Å²) in [6.07, 6.45) is -1.54. The van der Waals surface area contributed by atoms with Crippen LogP contribution in [0.3, 0.4) is 0 Å². The molecule has 0 aliphatic carbocycles. The first-order chi connectivity index (χ1) is 8.65. The van der Waals surface area contributed by atoms with Crippen LogP contribution in [0.25, 0.3) is 16.6 Å². The van der Waals surface area contributed by atoms with Gasteiger partial charge >= 0.3 is 17.9 Å². The minimum atomic E-state index is -1.54. The average molecular weight is 246 g/mol. The summed E-state index contributed by atoms with van der Waals surface area (Å²) in [5.41, 5.74) is 0.311. The minimum Gasteiger partial charge on any atom is -0.449 e. The van der Waals surface area contributed by atoms with E-state index in [-0.39, 0.29) is 11.7 Å². The van der Waals surface area contributed by atoms with Gasteiger partial charge in [0.2, 0.25) is 0 Å². The Hall–Kier alpha value is -2.90. The molecule has 1 aromatic carbocycles. The zero-order valence-corrected chi connectivity index (χ0v) is 8.82. The number of hydrogen-bond donors (Lipinski definition) is 2. The molecule has 0 saturated carbocycles. The number of nitrogens with one attached hydrogen (secondary N) is 1. The van der Waals surface area contributed by atoms with Crippen molar-refractivity contribution in [3.63, 3.8) is 0 Å². The zero-order chi connectivity index (χ0) is 12.7. The number of hydrogen-bond acceptors (Lipinski definition) is 5. The van der Waals surface area contributed by atoms with E-state index >= 15 is 0 Å². The molecule has 0 unspecified atom stereocenters. The van der Waals surface area contributed by atoms with Gasteiger partial charge in [-0.2, -0.15) is 9.50 Å². The van der Waals surface area contributed by atoms with Crippen molar-refractivity contribution in [2.45, 2.75) is 0 Å². The molecule has 90 valence electrons. The van der Waals surface area contributed by atoms with E-state index in [1.54, 1.807) is 24.3 Å². The predicted octanol–water partition coefficient (Wildman–Crippen LogP) is 0.628. The summed E-state index contributed by atoms with van der Waals surface area (Å²) >= 11 is 0. The molecule has 0 aliphatic rings. The molecule has 3 aromatic rings. The van der Waals surface area contributed by atoms with E-state index in [1.165, 1.54) is 0 Å². The average Bonchev–Trinajstić information content (AvgIpc) is 2.73. The third-order valence-corrected chi connectivity index (χ3v) is 2.37. The summed E-state index contributed by atoms with van der Waals surface area (Å²) in [5, 5.41) is 12.8. The fourth-order valence-corrected chi connectivity index (χ4v) is 1.69. The van der Waals surface area contributed by atoms with Gasteiger partial charge in [0.1, 0.15) is 0 Å². The Labute approximate surface area is 98.5 Å². The van der Waals surface area contributed by atoms with Crippen LogP contribution in [0.4, 0.5) is 4.79 Å². The highest BCUT2D eigenvalue weighted by Gasteiger charge is 2.13. The summed E-state index contributed by atoms with van der Waals surface area (Å²) in [6.45, 7) is 0. The summed E-state index contributed by atoms with van der Waals surface area (Å²) in [7, 11) is 0. The SMILES string of the molecule is O=C(O)Oc1nc2c3ccccc3[nH]c(=O)n2n1. The van der Waals surface area contributed by atoms with E-state index in [9.17, 15) is 9.59 Å². The van der Waals surface area contributed by atoms with E-state index in [1.807, 2.05) is 0 Å². The van der Waals surface area contributed by atoms with Crippen molar-refractivity contribution in [2.24, 2.45) is 0 Å². The number of H-pyrrole nitrogens is 1. The maximum absolute atomic E-state index is 11.7. The standard InChI is InChI=1S/C10H6N4O4/c15-9-11-6-4-2-1-3-5(6)7-12-8(13-14(7)9)18-10(16)17/h1-4H,(H,11,15)(H,16,17). The Balaban J connectivity index is 2.37. The largest absolute Gasteiger partial charge is 0.513 e. The highest BCUT2D eigenvalue weighted by Crippen LogP contribution is 2.16. The molecule has 8 nitrogen and oxygen atoms in total. The molecule has 2 aromatic heterocycles. The highest BCUT2D eigenvalue weighted by atomic mass is 16.7. The fraction of sp³-hybridized carbons (Fsp3) is 0. The first kappa shape index (κ1) is 10.3. The van der Waals surface area contributed by atoms with Crippen LogP contribution < -0.4 is 10.4 Å². The topological polar surface area (TPSA) is 110 Å². The third kappa shape index (κ3) is 1.47. The second kappa shape index (κ2) is 3.55. The number of para-hydroxylation sites is 1. The second-order valence-corrected chi connectivity index (χ2v) is 3.47. The van der Waals surface area contributed by atoms with Crippen molar-refractivity contribution in [1.29, 1.82) is 0 Å².